The van der Waals surface area contributed by atoms with Gasteiger partial charge in [-0.25, -0.2) is 17.7 Å². The van der Waals surface area contributed by atoms with E-state index in [0.717, 1.165) is 13.1 Å². The molecule has 0 amide bonds. The number of guanidine groups is 1. The van der Waals surface area contributed by atoms with Crippen LogP contribution in [0.15, 0.2) is 34.2 Å². The lowest BCUT2D eigenvalue weighted by Gasteiger charge is -2.15. The summed E-state index contributed by atoms with van der Waals surface area (Å²) in [7, 11) is -0.405. The molecule has 0 bridgehead atoms. The predicted molar refractivity (Wildman–Crippen MR) is 101 cm³/mol. The topological polar surface area (TPSA) is 73.8 Å². The van der Waals surface area contributed by atoms with Gasteiger partial charge in [0, 0.05) is 27.2 Å². The van der Waals surface area contributed by atoms with Crippen LogP contribution in [0.3, 0.4) is 0 Å². The molecule has 0 aliphatic rings. The minimum atomic E-state index is -3.46. The van der Waals surface area contributed by atoms with E-state index in [1.165, 1.54) is 18.4 Å². The van der Waals surface area contributed by atoms with Crippen LogP contribution in [0.25, 0.3) is 0 Å². The molecule has 0 aromatic heterocycles. The lowest BCUT2D eigenvalue weighted by Crippen LogP contribution is -2.37. The van der Waals surface area contributed by atoms with Crippen LogP contribution in [-0.4, -0.2) is 45.9 Å². The van der Waals surface area contributed by atoms with Gasteiger partial charge < -0.3 is 10.6 Å². The van der Waals surface area contributed by atoms with E-state index < -0.39 is 10.0 Å². The van der Waals surface area contributed by atoms with E-state index in [0.29, 0.717) is 23.0 Å². The molecule has 1 aromatic carbocycles. The van der Waals surface area contributed by atoms with Crippen molar-refractivity contribution in [1.29, 1.82) is 0 Å². The van der Waals surface area contributed by atoms with Gasteiger partial charge in [-0.15, -0.1) is 24.0 Å². The van der Waals surface area contributed by atoms with Gasteiger partial charge in [-0.2, -0.15) is 0 Å². The highest BCUT2D eigenvalue weighted by Crippen LogP contribution is 2.19. The molecule has 0 atom stereocenters. The maximum absolute atomic E-state index is 12.3. The first-order valence-electron chi connectivity index (χ1n) is 6.96. The van der Waals surface area contributed by atoms with E-state index >= 15 is 0 Å². The first-order chi connectivity index (χ1) is 9.93. The summed E-state index contributed by atoms with van der Waals surface area (Å²) in [5.41, 5.74) is 0.680. The standard InChI is InChI=1S/C14H24N4O2S.HI/c1-5-15-14(16-6-2)17-11-12-9-7-8-10-13(12)21(19,20)18(3)4;/h7-10H,5-6,11H2,1-4H3,(H2,15,16,17);1H. The fraction of sp³-hybridized carbons (Fsp3) is 0.500. The Hall–Kier alpha value is -0.870. The van der Waals surface area contributed by atoms with Crippen LogP contribution in [0, 0.1) is 0 Å². The highest BCUT2D eigenvalue weighted by atomic mass is 127. The van der Waals surface area contributed by atoms with E-state index in [4.69, 9.17) is 0 Å². The van der Waals surface area contributed by atoms with Crippen LogP contribution in [0.1, 0.15) is 19.4 Å². The number of aliphatic imine (C=N–C) groups is 1. The molecule has 0 heterocycles. The van der Waals surface area contributed by atoms with E-state index in [1.807, 2.05) is 19.9 Å². The lowest BCUT2D eigenvalue weighted by atomic mass is 10.2. The molecule has 22 heavy (non-hydrogen) atoms. The van der Waals surface area contributed by atoms with Crippen molar-refractivity contribution in [3.63, 3.8) is 0 Å². The SMILES string of the molecule is CCNC(=NCc1ccccc1S(=O)(=O)N(C)C)NCC.I. The molecule has 0 unspecified atom stereocenters. The third-order valence-electron chi connectivity index (χ3n) is 2.83. The second-order valence-electron chi connectivity index (χ2n) is 4.62. The smallest absolute Gasteiger partial charge is 0.242 e. The molecule has 0 saturated heterocycles. The third-order valence-corrected chi connectivity index (χ3v) is 4.74. The van der Waals surface area contributed by atoms with Crippen LogP contribution in [0.5, 0.6) is 0 Å². The Morgan fingerprint density at radius 1 is 1.14 bits per heavy atom. The molecule has 0 aliphatic heterocycles. The number of sulfonamides is 1. The van der Waals surface area contributed by atoms with Crippen molar-refractivity contribution in [2.24, 2.45) is 4.99 Å². The van der Waals surface area contributed by atoms with Gasteiger partial charge in [-0.1, -0.05) is 18.2 Å². The van der Waals surface area contributed by atoms with Crippen LogP contribution < -0.4 is 10.6 Å². The second kappa shape index (κ2) is 10.0. The minimum absolute atomic E-state index is 0. The quantitative estimate of drug-likeness (QED) is 0.401. The molecule has 0 saturated carbocycles. The van der Waals surface area contributed by atoms with Gasteiger partial charge in [0.05, 0.1) is 11.4 Å². The van der Waals surface area contributed by atoms with Crippen molar-refractivity contribution in [3.8, 4) is 0 Å². The van der Waals surface area contributed by atoms with Crippen LogP contribution in [0.2, 0.25) is 0 Å². The van der Waals surface area contributed by atoms with Crippen LogP contribution in [0.4, 0.5) is 0 Å². The van der Waals surface area contributed by atoms with E-state index in [9.17, 15) is 8.42 Å². The molecule has 0 spiro atoms. The summed E-state index contributed by atoms with van der Waals surface area (Å²) in [6.45, 7) is 5.78. The summed E-state index contributed by atoms with van der Waals surface area (Å²) in [5.74, 6) is 0.678. The summed E-state index contributed by atoms with van der Waals surface area (Å²) in [4.78, 5) is 4.72. The van der Waals surface area contributed by atoms with Gasteiger partial charge in [0.2, 0.25) is 10.0 Å². The van der Waals surface area contributed by atoms with Gasteiger partial charge in [0.15, 0.2) is 5.96 Å². The first-order valence-corrected chi connectivity index (χ1v) is 8.40. The maximum atomic E-state index is 12.3. The van der Waals surface area contributed by atoms with Gasteiger partial charge in [-0.05, 0) is 25.5 Å². The number of hydrogen-bond donors (Lipinski definition) is 2. The molecule has 0 aliphatic carbocycles. The van der Waals surface area contributed by atoms with Crippen LogP contribution >= 0.6 is 24.0 Å². The summed E-state index contributed by atoms with van der Waals surface area (Å²) in [5, 5.41) is 6.23. The Morgan fingerprint density at radius 2 is 1.68 bits per heavy atom. The van der Waals surface area contributed by atoms with E-state index in [-0.39, 0.29) is 24.0 Å². The predicted octanol–water partition coefficient (Wildman–Crippen LogP) is 1.63. The molecule has 8 heteroatoms. The number of rotatable bonds is 6. The monoisotopic (exact) mass is 440 g/mol. The highest BCUT2D eigenvalue weighted by Gasteiger charge is 2.20. The Labute approximate surface area is 150 Å². The molecule has 1 aromatic rings. The summed E-state index contributed by atoms with van der Waals surface area (Å²) < 4.78 is 25.8. The Bertz CT molecular complexity index is 580. The van der Waals surface area contributed by atoms with E-state index in [2.05, 4.69) is 15.6 Å². The highest BCUT2D eigenvalue weighted by molar-refractivity contribution is 14.0. The fourth-order valence-electron chi connectivity index (χ4n) is 1.76. The summed E-state index contributed by atoms with van der Waals surface area (Å²) in [6.07, 6.45) is 0. The second-order valence-corrected chi connectivity index (χ2v) is 6.74. The largest absolute Gasteiger partial charge is 0.357 e. The molecular weight excluding hydrogens is 415 g/mol. The molecule has 2 N–H and O–H groups in total. The van der Waals surface area contributed by atoms with Crippen molar-refractivity contribution < 1.29 is 8.42 Å². The zero-order valence-corrected chi connectivity index (χ0v) is 16.6. The zero-order chi connectivity index (χ0) is 15.9. The summed E-state index contributed by atoms with van der Waals surface area (Å²) >= 11 is 0. The minimum Gasteiger partial charge on any atom is -0.357 e. The normalized spacial score (nSPS) is 10.8. The number of hydrogen-bond acceptors (Lipinski definition) is 3. The van der Waals surface area contributed by atoms with Crippen molar-refractivity contribution in [2.75, 3.05) is 27.2 Å². The van der Waals surface area contributed by atoms with Crippen molar-refractivity contribution in [2.45, 2.75) is 25.3 Å². The number of nitrogens with one attached hydrogen (secondary N) is 2. The van der Waals surface area contributed by atoms with Gasteiger partial charge in [0.25, 0.3) is 0 Å². The molecule has 0 fully saturated rings. The molecular formula is C14H25IN4O2S. The van der Waals surface area contributed by atoms with Crippen molar-refractivity contribution >= 4 is 40.0 Å². The number of halogens is 1. The molecule has 126 valence electrons. The number of benzene rings is 1. The Morgan fingerprint density at radius 3 is 2.18 bits per heavy atom. The van der Waals surface area contributed by atoms with Gasteiger partial charge in [-0.3, -0.25) is 0 Å². The third kappa shape index (κ3) is 5.73. The van der Waals surface area contributed by atoms with E-state index in [1.54, 1.807) is 18.2 Å². The Balaban J connectivity index is 0.00000441. The van der Waals surface area contributed by atoms with Crippen molar-refractivity contribution in [3.05, 3.63) is 29.8 Å². The van der Waals surface area contributed by atoms with Gasteiger partial charge in [0.1, 0.15) is 0 Å². The average Bonchev–Trinajstić information content (AvgIpc) is 2.45. The molecule has 6 nitrogen and oxygen atoms in total. The van der Waals surface area contributed by atoms with Crippen molar-refractivity contribution in [1.82, 2.24) is 14.9 Å². The van der Waals surface area contributed by atoms with Crippen LogP contribution in [-0.2, 0) is 16.6 Å². The maximum Gasteiger partial charge on any atom is 0.242 e. The number of nitrogens with zero attached hydrogens (tertiary/aromatic N) is 2. The Kier molecular flexibility index (Phi) is 9.61. The molecule has 0 radical (unpaired) electrons. The first kappa shape index (κ1) is 21.1. The lowest BCUT2D eigenvalue weighted by molar-refractivity contribution is 0.519. The fourth-order valence-corrected chi connectivity index (χ4v) is 2.86. The van der Waals surface area contributed by atoms with Gasteiger partial charge >= 0.3 is 0 Å². The zero-order valence-electron chi connectivity index (χ0n) is 13.5. The molecule has 1 rings (SSSR count). The summed E-state index contributed by atoms with van der Waals surface area (Å²) in [6, 6.07) is 6.94. The average molecular weight is 440 g/mol.